The summed E-state index contributed by atoms with van der Waals surface area (Å²) in [4.78, 5) is 25.4. The van der Waals surface area contributed by atoms with Gasteiger partial charge in [-0.15, -0.1) is 5.10 Å². The molecule has 1 unspecified atom stereocenters. The van der Waals surface area contributed by atoms with Gasteiger partial charge in [-0.2, -0.15) is 0 Å². The van der Waals surface area contributed by atoms with Crippen LogP contribution in [0, 0.1) is 0 Å². The first-order valence-electron chi connectivity index (χ1n) is 9.31. The fraction of sp³-hybridized carbons (Fsp3) is 0.250. The van der Waals surface area contributed by atoms with Crippen LogP contribution in [0.25, 0.3) is 0 Å². The highest BCUT2D eigenvalue weighted by Crippen LogP contribution is 2.36. The van der Waals surface area contributed by atoms with Gasteiger partial charge in [0.25, 0.3) is 5.91 Å². The number of nitrogens with zero attached hydrogens (tertiary/aromatic N) is 4. The standard InChI is InChI=1S/C20H20N6O2S/c27-17(13-29-20-23-24-25-26(20)16-11-12-16)22-18(14-7-3-1-4-8-14)19(28)21-15-9-5-2-6-10-15/h1-10,16,18H,11-13H2,(H,21,28)(H,22,27). The summed E-state index contributed by atoms with van der Waals surface area (Å²) in [5, 5.41) is 18.0. The SMILES string of the molecule is O=C(CSc1nnnn1C1CC1)NC(C(=O)Nc1ccccc1)c1ccccc1. The number of carbonyl (C=O) groups excluding carboxylic acids is 2. The maximum Gasteiger partial charge on any atom is 0.251 e. The first-order chi connectivity index (χ1) is 14.2. The number of benzene rings is 2. The molecule has 2 aromatic carbocycles. The molecule has 2 N–H and O–H groups in total. The van der Waals surface area contributed by atoms with Crippen molar-refractivity contribution in [3.63, 3.8) is 0 Å². The van der Waals surface area contributed by atoms with Crippen molar-refractivity contribution >= 4 is 29.3 Å². The number of hydrogen-bond acceptors (Lipinski definition) is 6. The van der Waals surface area contributed by atoms with E-state index in [4.69, 9.17) is 0 Å². The molecule has 0 radical (unpaired) electrons. The van der Waals surface area contributed by atoms with Crippen LogP contribution in [0.2, 0.25) is 0 Å². The van der Waals surface area contributed by atoms with Crippen LogP contribution in [0.5, 0.6) is 0 Å². The van der Waals surface area contributed by atoms with Crippen molar-refractivity contribution in [1.82, 2.24) is 25.5 Å². The van der Waals surface area contributed by atoms with Crippen molar-refractivity contribution in [2.24, 2.45) is 0 Å². The summed E-state index contributed by atoms with van der Waals surface area (Å²) in [6, 6.07) is 17.9. The van der Waals surface area contributed by atoms with Crippen molar-refractivity contribution in [2.45, 2.75) is 30.1 Å². The number of rotatable bonds is 8. The van der Waals surface area contributed by atoms with Crippen LogP contribution in [-0.4, -0.2) is 37.8 Å². The van der Waals surface area contributed by atoms with E-state index in [9.17, 15) is 9.59 Å². The zero-order valence-corrected chi connectivity index (χ0v) is 16.4. The van der Waals surface area contributed by atoms with Crippen LogP contribution >= 0.6 is 11.8 Å². The molecule has 8 nitrogen and oxygen atoms in total. The highest BCUT2D eigenvalue weighted by atomic mass is 32.2. The van der Waals surface area contributed by atoms with Crippen LogP contribution in [0.3, 0.4) is 0 Å². The molecule has 3 aromatic rings. The molecule has 0 saturated heterocycles. The Labute approximate surface area is 172 Å². The molecule has 2 amide bonds. The van der Waals surface area contributed by atoms with E-state index >= 15 is 0 Å². The normalized spacial score (nSPS) is 14.2. The number of tetrazole rings is 1. The number of amides is 2. The molecule has 9 heteroatoms. The Kier molecular flexibility index (Phi) is 5.85. The molecular formula is C20H20N6O2S. The summed E-state index contributed by atoms with van der Waals surface area (Å²) in [6.45, 7) is 0. The second kappa shape index (κ2) is 8.87. The summed E-state index contributed by atoms with van der Waals surface area (Å²) in [7, 11) is 0. The van der Waals surface area contributed by atoms with Gasteiger partial charge >= 0.3 is 0 Å². The zero-order valence-electron chi connectivity index (χ0n) is 15.6. The molecule has 1 fully saturated rings. The smallest absolute Gasteiger partial charge is 0.251 e. The van der Waals surface area contributed by atoms with E-state index in [-0.39, 0.29) is 17.6 Å². The molecule has 1 aliphatic rings. The Morgan fingerprint density at radius 2 is 1.76 bits per heavy atom. The number of hydrogen-bond donors (Lipinski definition) is 2. The predicted molar refractivity (Wildman–Crippen MR) is 109 cm³/mol. The minimum absolute atomic E-state index is 0.120. The van der Waals surface area contributed by atoms with Crippen molar-refractivity contribution in [2.75, 3.05) is 11.1 Å². The number of para-hydroxylation sites is 1. The number of nitrogens with one attached hydrogen (secondary N) is 2. The predicted octanol–water partition coefficient (Wildman–Crippen LogP) is 2.60. The van der Waals surface area contributed by atoms with E-state index in [1.54, 1.807) is 16.8 Å². The molecule has 1 heterocycles. The Hall–Kier alpha value is -3.20. The second-order valence-electron chi connectivity index (χ2n) is 6.69. The Balaban J connectivity index is 1.42. The van der Waals surface area contributed by atoms with Gasteiger partial charge in [0, 0.05) is 5.69 Å². The van der Waals surface area contributed by atoms with E-state index in [0.717, 1.165) is 12.8 Å². The lowest BCUT2D eigenvalue weighted by atomic mass is 10.1. The molecule has 148 valence electrons. The lowest BCUT2D eigenvalue weighted by Gasteiger charge is -2.19. The Morgan fingerprint density at radius 1 is 1.07 bits per heavy atom. The first kappa shape index (κ1) is 19.1. The fourth-order valence-corrected chi connectivity index (χ4v) is 3.60. The van der Waals surface area contributed by atoms with Gasteiger partial charge in [-0.25, -0.2) is 4.68 Å². The van der Waals surface area contributed by atoms with Gasteiger partial charge in [-0.3, -0.25) is 9.59 Å². The Morgan fingerprint density at radius 3 is 2.45 bits per heavy atom. The van der Waals surface area contributed by atoms with Gasteiger partial charge in [0.15, 0.2) is 0 Å². The number of thioether (sulfide) groups is 1. The lowest BCUT2D eigenvalue weighted by Crippen LogP contribution is -2.37. The quantitative estimate of drug-likeness (QED) is 0.556. The minimum atomic E-state index is -0.802. The molecule has 1 aliphatic carbocycles. The van der Waals surface area contributed by atoms with E-state index in [1.807, 2.05) is 48.5 Å². The van der Waals surface area contributed by atoms with Crippen LogP contribution in [0.1, 0.15) is 30.5 Å². The average Bonchev–Trinajstić information content (AvgIpc) is 3.49. The molecule has 1 atom stereocenters. The maximum absolute atomic E-state index is 12.9. The third kappa shape index (κ3) is 5.00. The van der Waals surface area contributed by atoms with Crippen molar-refractivity contribution in [3.05, 3.63) is 66.2 Å². The summed E-state index contributed by atoms with van der Waals surface area (Å²) < 4.78 is 1.76. The molecule has 1 aromatic heterocycles. The molecule has 0 aliphatic heterocycles. The monoisotopic (exact) mass is 408 g/mol. The summed E-state index contributed by atoms with van der Waals surface area (Å²) in [5.41, 5.74) is 1.38. The van der Waals surface area contributed by atoms with E-state index in [1.165, 1.54) is 11.8 Å². The molecular weight excluding hydrogens is 388 g/mol. The van der Waals surface area contributed by atoms with E-state index < -0.39 is 6.04 Å². The largest absolute Gasteiger partial charge is 0.340 e. The van der Waals surface area contributed by atoms with Crippen LogP contribution < -0.4 is 10.6 Å². The van der Waals surface area contributed by atoms with Crippen molar-refractivity contribution in [3.8, 4) is 0 Å². The lowest BCUT2D eigenvalue weighted by molar-refractivity contribution is -0.125. The third-order valence-electron chi connectivity index (χ3n) is 4.43. The van der Waals surface area contributed by atoms with E-state index in [0.29, 0.717) is 22.4 Å². The topological polar surface area (TPSA) is 102 Å². The number of aromatic nitrogens is 4. The van der Waals surface area contributed by atoms with Crippen LogP contribution in [-0.2, 0) is 9.59 Å². The van der Waals surface area contributed by atoms with Crippen molar-refractivity contribution in [1.29, 1.82) is 0 Å². The highest BCUT2D eigenvalue weighted by molar-refractivity contribution is 7.99. The van der Waals surface area contributed by atoms with Gasteiger partial charge in [0.05, 0.1) is 11.8 Å². The molecule has 0 bridgehead atoms. The summed E-state index contributed by atoms with van der Waals surface area (Å²) in [6.07, 6.45) is 2.11. The second-order valence-corrected chi connectivity index (χ2v) is 7.63. The maximum atomic E-state index is 12.9. The third-order valence-corrected chi connectivity index (χ3v) is 5.36. The number of carbonyl (C=O) groups is 2. The van der Waals surface area contributed by atoms with Crippen molar-refractivity contribution < 1.29 is 9.59 Å². The van der Waals surface area contributed by atoms with Crippen LogP contribution in [0.4, 0.5) is 5.69 Å². The molecule has 1 saturated carbocycles. The van der Waals surface area contributed by atoms with Gasteiger partial charge in [-0.05, 0) is 41.0 Å². The first-order valence-corrected chi connectivity index (χ1v) is 10.3. The van der Waals surface area contributed by atoms with Gasteiger partial charge in [0.2, 0.25) is 11.1 Å². The zero-order chi connectivity index (χ0) is 20.1. The summed E-state index contributed by atoms with van der Waals surface area (Å²) in [5.74, 6) is -0.448. The van der Waals surface area contributed by atoms with Gasteiger partial charge < -0.3 is 10.6 Å². The molecule has 29 heavy (non-hydrogen) atoms. The highest BCUT2D eigenvalue weighted by Gasteiger charge is 2.28. The van der Waals surface area contributed by atoms with Gasteiger partial charge in [-0.1, -0.05) is 60.3 Å². The number of anilines is 1. The van der Waals surface area contributed by atoms with Gasteiger partial charge in [0.1, 0.15) is 6.04 Å². The van der Waals surface area contributed by atoms with Crippen LogP contribution in [0.15, 0.2) is 65.8 Å². The molecule has 4 rings (SSSR count). The Bertz CT molecular complexity index is 975. The summed E-state index contributed by atoms with van der Waals surface area (Å²) >= 11 is 1.27. The average molecular weight is 408 g/mol. The van der Waals surface area contributed by atoms with E-state index in [2.05, 4.69) is 26.2 Å². The molecule has 0 spiro atoms. The minimum Gasteiger partial charge on any atom is -0.340 e. The fourth-order valence-electron chi connectivity index (χ4n) is 2.84.